The van der Waals surface area contributed by atoms with E-state index in [2.05, 4.69) is 100 Å². The molecule has 1 nitrogen and oxygen atoms in total. The van der Waals surface area contributed by atoms with Crippen LogP contribution in [0.2, 0.25) is 77.6 Å². The molecular formula is C20H41NSi4. The number of hydrogen-bond donors (Lipinski definition) is 0. The molecule has 1 rings (SSSR count). The fourth-order valence-corrected chi connectivity index (χ4v) is 35.2. The highest BCUT2D eigenvalue weighted by Gasteiger charge is 2.45. The van der Waals surface area contributed by atoms with Gasteiger partial charge in [-0.15, -0.1) is 0 Å². The van der Waals surface area contributed by atoms with Gasteiger partial charge in [-0.3, -0.25) is 0 Å². The predicted octanol–water partition coefficient (Wildman–Crippen LogP) is 6.42. The molecule has 0 unspecified atom stereocenters. The highest BCUT2D eigenvalue weighted by molar-refractivity contribution is 7.04. The third kappa shape index (κ3) is 5.89. The Kier molecular flexibility index (Phi) is 7.12. The minimum atomic E-state index is -1.45. The molecule has 0 amide bonds. The minimum Gasteiger partial charge on any atom is -0.369 e. The number of benzene rings is 1. The molecule has 0 aliphatic heterocycles. The summed E-state index contributed by atoms with van der Waals surface area (Å²) in [5, 5.41) is 1.59. The monoisotopic (exact) mass is 407 g/mol. The van der Waals surface area contributed by atoms with Gasteiger partial charge in [-0.1, -0.05) is 114 Å². The third-order valence-corrected chi connectivity index (χ3v) is 26.2. The smallest absolute Gasteiger partial charge is 0.108 e. The topological polar surface area (TPSA) is 3.24 Å². The van der Waals surface area contributed by atoms with Gasteiger partial charge in [0.25, 0.3) is 0 Å². The van der Waals surface area contributed by atoms with E-state index in [1.54, 1.807) is 5.19 Å². The molecule has 0 fully saturated rings. The third-order valence-electron chi connectivity index (χ3n) is 5.22. The van der Waals surface area contributed by atoms with Gasteiger partial charge in [0.2, 0.25) is 0 Å². The number of rotatable bonds is 8. The van der Waals surface area contributed by atoms with E-state index in [-0.39, 0.29) is 0 Å². The molecule has 0 aliphatic rings. The first-order valence-electron chi connectivity index (χ1n) is 9.65. The zero-order valence-electron chi connectivity index (χ0n) is 18.5. The summed E-state index contributed by atoms with van der Waals surface area (Å²) in [6.45, 7) is 29.7. The molecule has 0 saturated carbocycles. The van der Waals surface area contributed by atoms with Crippen molar-refractivity contribution in [1.82, 2.24) is 3.90 Å². The fraction of sp³-hybridized carbons (Fsp3) is 0.600. The Morgan fingerprint density at radius 2 is 1.28 bits per heavy atom. The maximum atomic E-state index is 4.04. The zero-order valence-corrected chi connectivity index (χ0v) is 22.5. The minimum absolute atomic E-state index is 1.29. The fourth-order valence-electron chi connectivity index (χ4n) is 4.98. The summed E-state index contributed by atoms with van der Waals surface area (Å²) in [5.74, 6) is 0. The molecule has 0 heterocycles. The first kappa shape index (κ1) is 22.8. The van der Waals surface area contributed by atoms with E-state index in [0.29, 0.717) is 0 Å². The zero-order chi connectivity index (χ0) is 19.7. The van der Waals surface area contributed by atoms with Gasteiger partial charge >= 0.3 is 0 Å². The van der Waals surface area contributed by atoms with Crippen molar-refractivity contribution in [2.75, 3.05) is 0 Å². The van der Waals surface area contributed by atoms with Crippen LogP contribution in [0, 0.1) is 0 Å². The Labute approximate surface area is 161 Å². The summed E-state index contributed by atoms with van der Waals surface area (Å²) < 4.78 is 3.12. The van der Waals surface area contributed by atoms with E-state index in [1.165, 1.54) is 17.7 Å². The van der Waals surface area contributed by atoms with Crippen molar-refractivity contribution >= 4 is 44.0 Å². The second-order valence-electron chi connectivity index (χ2n) is 10.7. The second kappa shape index (κ2) is 7.80. The van der Waals surface area contributed by atoms with Crippen molar-refractivity contribution < 1.29 is 0 Å². The normalized spacial score (nSPS) is 14.0. The first-order valence-corrected chi connectivity index (χ1v) is 22.9. The van der Waals surface area contributed by atoms with Crippen LogP contribution in [0.3, 0.4) is 0 Å². The van der Waals surface area contributed by atoms with E-state index >= 15 is 0 Å². The van der Waals surface area contributed by atoms with Crippen LogP contribution in [0.15, 0.2) is 30.8 Å². The Bertz CT molecular complexity index is 580. The molecule has 0 saturated heterocycles. The predicted molar refractivity (Wildman–Crippen MR) is 129 cm³/mol. The van der Waals surface area contributed by atoms with Crippen LogP contribution < -0.4 is 5.19 Å². The molecule has 1 aromatic carbocycles. The van der Waals surface area contributed by atoms with Crippen LogP contribution in [0.4, 0.5) is 0 Å². The van der Waals surface area contributed by atoms with Crippen LogP contribution >= 0.6 is 0 Å². The maximum absolute atomic E-state index is 4.04. The lowest BCUT2D eigenvalue weighted by Crippen LogP contribution is -2.70. The summed E-state index contributed by atoms with van der Waals surface area (Å²) in [6, 6.07) is 11.7. The Morgan fingerprint density at radius 1 is 0.800 bits per heavy atom. The molecular weight excluding hydrogens is 367 g/mol. The Balaban J connectivity index is 3.09. The van der Waals surface area contributed by atoms with E-state index in [1.807, 2.05) is 6.08 Å². The van der Waals surface area contributed by atoms with Gasteiger partial charge in [-0.2, -0.15) is 0 Å². The molecule has 0 aliphatic carbocycles. The number of nitrogens with zero attached hydrogens (tertiary/aromatic N) is 1. The molecule has 0 bridgehead atoms. The summed E-state index contributed by atoms with van der Waals surface area (Å²) in [4.78, 5) is 0. The SMILES string of the molecule is C=Cc1ccccc1[Si](C)(C)CC[Si](C)(C)N([Si](C)(C)C)[Si](C)(C)C. The molecule has 0 radical (unpaired) electrons. The van der Waals surface area contributed by atoms with Crippen molar-refractivity contribution in [1.29, 1.82) is 0 Å². The van der Waals surface area contributed by atoms with E-state index in [9.17, 15) is 0 Å². The molecule has 0 aromatic heterocycles. The lowest BCUT2D eigenvalue weighted by Gasteiger charge is -2.53. The van der Waals surface area contributed by atoms with E-state index in [4.69, 9.17) is 0 Å². The molecule has 142 valence electrons. The van der Waals surface area contributed by atoms with Crippen LogP contribution in [0.25, 0.3) is 6.08 Å². The Morgan fingerprint density at radius 3 is 1.72 bits per heavy atom. The van der Waals surface area contributed by atoms with Crippen molar-refractivity contribution in [3.8, 4) is 0 Å². The van der Waals surface area contributed by atoms with Crippen molar-refractivity contribution in [2.24, 2.45) is 0 Å². The van der Waals surface area contributed by atoms with Gasteiger partial charge in [-0.25, -0.2) is 0 Å². The van der Waals surface area contributed by atoms with Crippen LogP contribution in [-0.4, -0.2) is 36.7 Å². The standard InChI is InChI=1S/C20H41NSi4/c1-12-19-15-13-14-16-20(19)24(8,9)17-18-25(10,11)21(22(2,3)4)23(5,6)7/h12-16H,1,17-18H2,2-11H3. The molecule has 1 aromatic rings. The summed E-state index contributed by atoms with van der Waals surface area (Å²) in [6.07, 6.45) is 2.04. The highest BCUT2D eigenvalue weighted by atomic mass is 28.5. The lowest BCUT2D eigenvalue weighted by molar-refractivity contribution is 0.878. The van der Waals surface area contributed by atoms with E-state index < -0.39 is 32.8 Å². The highest BCUT2D eigenvalue weighted by Crippen LogP contribution is 2.32. The molecule has 0 spiro atoms. The van der Waals surface area contributed by atoms with Gasteiger partial charge in [0.05, 0.1) is 8.07 Å². The quantitative estimate of drug-likeness (QED) is 0.449. The van der Waals surface area contributed by atoms with Crippen LogP contribution in [0.1, 0.15) is 5.56 Å². The van der Waals surface area contributed by atoms with E-state index in [0.717, 1.165) is 0 Å². The van der Waals surface area contributed by atoms with Gasteiger partial charge in [0, 0.05) is 0 Å². The summed E-state index contributed by atoms with van der Waals surface area (Å²) >= 11 is 0. The van der Waals surface area contributed by atoms with Gasteiger partial charge in [-0.05, 0) is 11.6 Å². The van der Waals surface area contributed by atoms with Crippen LogP contribution in [-0.2, 0) is 0 Å². The van der Waals surface area contributed by atoms with Crippen molar-refractivity contribution in [2.45, 2.75) is 77.6 Å². The van der Waals surface area contributed by atoms with Crippen molar-refractivity contribution in [3.63, 3.8) is 0 Å². The summed E-state index contributed by atoms with van der Waals surface area (Å²) in [5.41, 5.74) is 1.35. The van der Waals surface area contributed by atoms with Gasteiger partial charge < -0.3 is 3.90 Å². The van der Waals surface area contributed by atoms with Crippen molar-refractivity contribution in [3.05, 3.63) is 36.4 Å². The maximum Gasteiger partial charge on any atom is 0.108 e. The first-order chi connectivity index (χ1) is 11.1. The second-order valence-corrected chi connectivity index (χ2v) is 31.0. The number of hydrogen-bond acceptors (Lipinski definition) is 1. The summed E-state index contributed by atoms with van der Waals surface area (Å²) in [7, 11) is -5.45. The average Bonchev–Trinajstić information content (AvgIpc) is 2.41. The van der Waals surface area contributed by atoms with Gasteiger partial charge in [0.1, 0.15) is 24.7 Å². The average molecular weight is 408 g/mol. The Hall–Kier alpha value is -0.212. The van der Waals surface area contributed by atoms with Gasteiger partial charge in [0.15, 0.2) is 0 Å². The molecule has 0 N–H and O–H groups in total. The lowest BCUT2D eigenvalue weighted by atomic mass is 10.2. The molecule has 25 heavy (non-hydrogen) atoms. The molecule has 0 atom stereocenters. The van der Waals surface area contributed by atoms with Crippen LogP contribution in [0.5, 0.6) is 0 Å². The molecule has 5 heteroatoms. The largest absolute Gasteiger partial charge is 0.369 e.